The molecule has 4 rings (SSSR count). The first-order valence-electron chi connectivity index (χ1n) is 8.75. The monoisotopic (exact) mass is 386 g/mol. The number of benzene rings is 1. The zero-order valence-corrected chi connectivity index (χ0v) is 15.2. The summed E-state index contributed by atoms with van der Waals surface area (Å²) in [7, 11) is 0. The number of rotatable bonds is 2. The van der Waals surface area contributed by atoms with Gasteiger partial charge < -0.3 is 4.90 Å². The number of anilines is 1. The number of fused-ring (bicyclic) bond motifs is 1. The summed E-state index contributed by atoms with van der Waals surface area (Å²) >= 11 is 0. The van der Waals surface area contributed by atoms with Crippen molar-refractivity contribution < 1.29 is 18.0 Å². The lowest BCUT2D eigenvalue weighted by Crippen LogP contribution is -2.42. The highest BCUT2D eigenvalue weighted by Crippen LogP contribution is 2.34. The molecule has 5 nitrogen and oxygen atoms in total. The Kier molecular flexibility index (Phi) is 4.21. The molecule has 0 fully saturated rings. The Morgan fingerprint density at radius 2 is 1.79 bits per heavy atom. The van der Waals surface area contributed by atoms with Gasteiger partial charge in [0.2, 0.25) is 0 Å². The maximum absolute atomic E-state index is 13.2. The standard InChI is InChI=1S/C20H17F3N4O/c1-12-3-4-14(9-24-12)17-10-25-27-13(2)11-26(19(28)18(17)27)16-7-5-15(6-8-16)20(21,22)23/h3-10,13H,11H2,1-2H3. The number of amides is 1. The van der Waals surface area contributed by atoms with Crippen molar-refractivity contribution in [3.05, 3.63) is 65.7 Å². The molecule has 144 valence electrons. The van der Waals surface area contributed by atoms with Gasteiger partial charge in [0.25, 0.3) is 5.91 Å². The van der Waals surface area contributed by atoms with Crippen molar-refractivity contribution in [2.24, 2.45) is 0 Å². The Labute approximate surface area is 159 Å². The Hall–Kier alpha value is -3.16. The summed E-state index contributed by atoms with van der Waals surface area (Å²) in [6.07, 6.45) is -1.10. The molecule has 1 aliphatic rings. The van der Waals surface area contributed by atoms with E-state index in [1.807, 2.05) is 26.0 Å². The number of aryl methyl sites for hydroxylation is 1. The molecule has 0 radical (unpaired) electrons. The highest BCUT2D eigenvalue weighted by molar-refractivity contribution is 6.09. The van der Waals surface area contributed by atoms with Crippen LogP contribution in [0.2, 0.25) is 0 Å². The highest BCUT2D eigenvalue weighted by atomic mass is 19.4. The fourth-order valence-corrected chi connectivity index (χ4v) is 3.35. The summed E-state index contributed by atoms with van der Waals surface area (Å²) in [6, 6.07) is 8.23. The topological polar surface area (TPSA) is 51.0 Å². The van der Waals surface area contributed by atoms with E-state index in [1.54, 1.807) is 17.1 Å². The molecule has 1 aromatic carbocycles. The SMILES string of the molecule is Cc1ccc(-c2cnn3c2C(=O)N(c2ccc(C(F)(F)F)cc2)CC3C)cn1. The first-order valence-corrected chi connectivity index (χ1v) is 8.75. The van der Waals surface area contributed by atoms with Gasteiger partial charge in [-0.1, -0.05) is 6.07 Å². The fraction of sp³-hybridized carbons (Fsp3) is 0.250. The molecular weight excluding hydrogens is 369 g/mol. The predicted molar refractivity (Wildman–Crippen MR) is 98.0 cm³/mol. The Morgan fingerprint density at radius 1 is 1.07 bits per heavy atom. The van der Waals surface area contributed by atoms with Gasteiger partial charge in [-0.3, -0.25) is 14.5 Å². The number of nitrogens with zero attached hydrogens (tertiary/aromatic N) is 4. The molecule has 8 heteroatoms. The van der Waals surface area contributed by atoms with Crippen LogP contribution >= 0.6 is 0 Å². The molecule has 0 bridgehead atoms. The van der Waals surface area contributed by atoms with Crippen LogP contribution in [0.25, 0.3) is 11.1 Å². The molecule has 2 aromatic heterocycles. The summed E-state index contributed by atoms with van der Waals surface area (Å²) < 4.78 is 40.1. The van der Waals surface area contributed by atoms with E-state index in [4.69, 9.17) is 0 Å². The average Bonchev–Trinajstić information content (AvgIpc) is 3.11. The van der Waals surface area contributed by atoms with E-state index in [9.17, 15) is 18.0 Å². The minimum absolute atomic E-state index is 0.123. The average molecular weight is 386 g/mol. The Morgan fingerprint density at radius 3 is 2.39 bits per heavy atom. The second-order valence-corrected chi connectivity index (χ2v) is 6.85. The summed E-state index contributed by atoms with van der Waals surface area (Å²) in [4.78, 5) is 19.0. The molecule has 3 aromatic rings. The minimum atomic E-state index is -4.41. The Bertz CT molecular complexity index is 1020. The van der Waals surface area contributed by atoms with Gasteiger partial charge in [-0.2, -0.15) is 18.3 Å². The number of aromatic nitrogens is 3. The number of halogens is 3. The van der Waals surface area contributed by atoms with E-state index in [1.165, 1.54) is 17.0 Å². The van der Waals surface area contributed by atoms with E-state index in [0.717, 1.165) is 23.4 Å². The number of hydrogen-bond donors (Lipinski definition) is 0. The van der Waals surface area contributed by atoms with Crippen LogP contribution in [0.5, 0.6) is 0 Å². The van der Waals surface area contributed by atoms with Crippen LogP contribution in [-0.4, -0.2) is 27.2 Å². The van der Waals surface area contributed by atoms with Crippen molar-refractivity contribution in [2.45, 2.75) is 26.1 Å². The number of pyridine rings is 1. The number of carbonyl (C=O) groups excluding carboxylic acids is 1. The third-order valence-corrected chi connectivity index (χ3v) is 4.84. The lowest BCUT2D eigenvalue weighted by molar-refractivity contribution is -0.137. The molecule has 0 aliphatic carbocycles. The van der Waals surface area contributed by atoms with Crippen molar-refractivity contribution >= 4 is 11.6 Å². The maximum Gasteiger partial charge on any atom is 0.416 e. The fourth-order valence-electron chi connectivity index (χ4n) is 3.35. The van der Waals surface area contributed by atoms with Gasteiger partial charge in [0, 0.05) is 35.2 Å². The molecule has 0 saturated heterocycles. The van der Waals surface area contributed by atoms with Crippen LogP contribution in [0.4, 0.5) is 18.9 Å². The predicted octanol–water partition coefficient (Wildman–Crippen LogP) is 4.49. The van der Waals surface area contributed by atoms with Crippen LogP contribution < -0.4 is 4.90 Å². The normalized spacial score (nSPS) is 17.0. The zero-order valence-electron chi connectivity index (χ0n) is 15.2. The molecule has 1 atom stereocenters. The first-order chi connectivity index (χ1) is 13.3. The van der Waals surface area contributed by atoms with Crippen LogP contribution in [-0.2, 0) is 6.18 Å². The van der Waals surface area contributed by atoms with Crippen LogP contribution in [0.3, 0.4) is 0 Å². The molecule has 3 heterocycles. The number of alkyl halides is 3. The zero-order chi connectivity index (χ0) is 20.1. The lowest BCUT2D eigenvalue weighted by Gasteiger charge is -2.32. The summed E-state index contributed by atoms with van der Waals surface area (Å²) in [5.74, 6) is -0.300. The number of carbonyl (C=O) groups is 1. The molecule has 0 N–H and O–H groups in total. The second kappa shape index (κ2) is 6.47. The minimum Gasteiger partial charge on any atom is -0.305 e. The quantitative estimate of drug-likeness (QED) is 0.652. The van der Waals surface area contributed by atoms with Crippen LogP contribution in [0, 0.1) is 6.92 Å². The lowest BCUT2D eigenvalue weighted by atomic mass is 10.0. The van der Waals surface area contributed by atoms with E-state index < -0.39 is 11.7 Å². The van der Waals surface area contributed by atoms with E-state index >= 15 is 0 Å². The van der Waals surface area contributed by atoms with Gasteiger partial charge in [0.15, 0.2) is 0 Å². The van der Waals surface area contributed by atoms with Gasteiger partial charge in [-0.15, -0.1) is 0 Å². The molecule has 0 saturated carbocycles. The third-order valence-electron chi connectivity index (χ3n) is 4.84. The summed E-state index contributed by atoms with van der Waals surface area (Å²) in [5.41, 5.74) is 2.36. The number of hydrogen-bond acceptors (Lipinski definition) is 3. The highest BCUT2D eigenvalue weighted by Gasteiger charge is 2.35. The molecule has 0 spiro atoms. The van der Waals surface area contributed by atoms with Crippen molar-refractivity contribution in [2.75, 3.05) is 11.4 Å². The van der Waals surface area contributed by atoms with E-state index in [0.29, 0.717) is 23.5 Å². The van der Waals surface area contributed by atoms with Crippen molar-refractivity contribution in [3.8, 4) is 11.1 Å². The molecular formula is C20H17F3N4O. The largest absolute Gasteiger partial charge is 0.416 e. The van der Waals surface area contributed by atoms with E-state index in [2.05, 4.69) is 10.1 Å². The Balaban J connectivity index is 1.73. The second-order valence-electron chi connectivity index (χ2n) is 6.85. The van der Waals surface area contributed by atoms with Gasteiger partial charge in [-0.25, -0.2) is 0 Å². The van der Waals surface area contributed by atoms with Crippen molar-refractivity contribution in [3.63, 3.8) is 0 Å². The molecule has 1 aliphatic heterocycles. The molecule has 1 amide bonds. The maximum atomic E-state index is 13.2. The van der Waals surface area contributed by atoms with Gasteiger partial charge in [0.05, 0.1) is 17.8 Å². The van der Waals surface area contributed by atoms with E-state index in [-0.39, 0.29) is 11.9 Å². The van der Waals surface area contributed by atoms with Gasteiger partial charge in [0.1, 0.15) is 5.69 Å². The van der Waals surface area contributed by atoms with Gasteiger partial charge in [-0.05, 0) is 44.2 Å². The molecule has 1 unspecified atom stereocenters. The van der Waals surface area contributed by atoms with Crippen LogP contribution in [0.15, 0.2) is 48.8 Å². The smallest absolute Gasteiger partial charge is 0.305 e. The third kappa shape index (κ3) is 3.04. The van der Waals surface area contributed by atoms with Gasteiger partial charge >= 0.3 is 6.18 Å². The summed E-state index contributed by atoms with van der Waals surface area (Å²) in [6.45, 7) is 4.11. The summed E-state index contributed by atoms with van der Waals surface area (Å²) in [5, 5.41) is 4.35. The van der Waals surface area contributed by atoms with Crippen molar-refractivity contribution in [1.29, 1.82) is 0 Å². The molecule has 28 heavy (non-hydrogen) atoms. The van der Waals surface area contributed by atoms with Crippen LogP contribution in [0.1, 0.15) is 34.7 Å². The first kappa shape index (κ1) is 18.2. The van der Waals surface area contributed by atoms with Crippen molar-refractivity contribution in [1.82, 2.24) is 14.8 Å².